The van der Waals surface area contributed by atoms with Crippen molar-refractivity contribution >= 4 is 11.9 Å². The van der Waals surface area contributed by atoms with Crippen molar-refractivity contribution < 1.29 is 19.1 Å². The van der Waals surface area contributed by atoms with Gasteiger partial charge in [-0.1, -0.05) is 0 Å². The summed E-state index contributed by atoms with van der Waals surface area (Å²) in [4.78, 5) is 26.4. The van der Waals surface area contributed by atoms with Crippen LogP contribution in [0.25, 0.3) is 0 Å². The lowest BCUT2D eigenvalue weighted by atomic mass is 9.91. The van der Waals surface area contributed by atoms with E-state index in [1.165, 1.54) is 0 Å². The Hall–Kier alpha value is -2.44. The second-order valence-corrected chi connectivity index (χ2v) is 6.72. The predicted octanol–water partition coefficient (Wildman–Crippen LogP) is 1.86. The third-order valence-corrected chi connectivity index (χ3v) is 5.01. The monoisotopic (exact) mass is 361 g/mol. The van der Waals surface area contributed by atoms with E-state index in [4.69, 9.17) is 9.47 Å². The number of ether oxygens (including phenoxy) is 2. The van der Waals surface area contributed by atoms with E-state index in [1.54, 1.807) is 19.1 Å². The van der Waals surface area contributed by atoms with Gasteiger partial charge in [-0.15, -0.1) is 0 Å². The fourth-order valence-corrected chi connectivity index (χ4v) is 3.43. The van der Waals surface area contributed by atoms with Crippen molar-refractivity contribution in [3.63, 3.8) is 0 Å². The van der Waals surface area contributed by atoms with Gasteiger partial charge < -0.3 is 25.0 Å². The Kier molecular flexibility index (Phi) is 5.54. The van der Waals surface area contributed by atoms with Gasteiger partial charge in [0, 0.05) is 25.6 Å². The third-order valence-electron chi connectivity index (χ3n) is 5.01. The number of hydrogen-bond donors (Lipinski definition) is 2. The van der Waals surface area contributed by atoms with E-state index in [0.29, 0.717) is 31.1 Å². The molecule has 0 bridgehead atoms. The van der Waals surface area contributed by atoms with Crippen LogP contribution in [0.5, 0.6) is 11.5 Å². The minimum absolute atomic E-state index is 0.0773. The Labute approximate surface area is 154 Å². The largest absolute Gasteiger partial charge is 0.493 e. The lowest BCUT2D eigenvalue weighted by Gasteiger charge is -2.37. The summed E-state index contributed by atoms with van der Waals surface area (Å²) in [7, 11) is 3.21. The molecule has 0 saturated heterocycles. The average Bonchev–Trinajstić information content (AvgIpc) is 3.49. The van der Waals surface area contributed by atoms with Crippen LogP contribution in [-0.2, 0) is 11.2 Å². The zero-order valence-electron chi connectivity index (χ0n) is 15.6. The molecule has 7 heteroatoms. The molecule has 1 aliphatic heterocycles. The Balaban J connectivity index is 1.89. The van der Waals surface area contributed by atoms with E-state index in [1.807, 2.05) is 19.1 Å². The van der Waals surface area contributed by atoms with Crippen molar-refractivity contribution in [1.82, 2.24) is 15.5 Å². The fraction of sp³-hybridized carbons (Fsp3) is 0.579. The summed E-state index contributed by atoms with van der Waals surface area (Å²) >= 11 is 0. The molecule has 7 nitrogen and oxygen atoms in total. The molecule has 1 aliphatic carbocycles. The molecule has 2 N–H and O–H groups in total. The SMILES string of the molecule is CCNC(=O)N1CCc2cc(OC)c(OC)cc2[C@@H]1CNC(=O)C1CC1. The van der Waals surface area contributed by atoms with Crippen molar-refractivity contribution in [2.45, 2.75) is 32.2 Å². The van der Waals surface area contributed by atoms with E-state index in [9.17, 15) is 9.59 Å². The number of methoxy groups -OCH3 is 2. The van der Waals surface area contributed by atoms with Gasteiger partial charge in [0.05, 0.1) is 20.3 Å². The highest BCUT2D eigenvalue weighted by molar-refractivity contribution is 5.81. The Bertz CT molecular complexity index is 688. The normalized spacial score (nSPS) is 18.7. The van der Waals surface area contributed by atoms with Gasteiger partial charge in [0.2, 0.25) is 5.91 Å². The maximum atomic E-state index is 12.5. The van der Waals surface area contributed by atoms with Crippen LogP contribution in [0.4, 0.5) is 4.79 Å². The summed E-state index contributed by atoms with van der Waals surface area (Å²) in [6.45, 7) is 3.45. The second kappa shape index (κ2) is 7.85. The summed E-state index contributed by atoms with van der Waals surface area (Å²) in [5.41, 5.74) is 2.12. The molecule has 1 fully saturated rings. The van der Waals surface area contributed by atoms with Crippen LogP contribution in [0.3, 0.4) is 0 Å². The molecular formula is C19H27N3O4. The van der Waals surface area contributed by atoms with E-state index in [2.05, 4.69) is 10.6 Å². The minimum atomic E-state index is -0.229. The van der Waals surface area contributed by atoms with Gasteiger partial charge in [0.15, 0.2) is 11.5 Å². The van der Waals surface area contributed by atoms with Gasteiger partial charge in [-0.25, -0.2) is 4.79 Å². The summed E-state index contributed by atoms with van der Waals surface area (Å²) in [5.74, 6) is 1.52. The first-order valence-corrected chi connectivity index (χ1v) is 9.16. The van der Waals surface area contributed by atoms with Crippen LogP contribution in [0.15, 0.2) is 12.1 Å². The van der Waals surface area contributed by atoms with Crippen LogP contribution in [0.2, 0.25) is 0 Å². The van der Waals surface area contributed by atoms with Gasteiger partial charge in [0.25, 0.3) is 0 Å². The molecular weight excluding hydrogens is 334 g/mol. The molecule has 26 heavy (non-hydrogen) atoms. The van der Waals surface area contributed by atoms with Gasteiger partial charge in [-0.05, 0) is 49.4 Å². The van der Waals surface area contributed by atoms with E-state index < -0.39 is 0 Å². The van der Waals surface area contributed by atoms with Crippen LogP contribution in [0, 0.1) is 5.92 Å². The first-order valence-electron chi connectivity index (χ1n) is 9.16. The zero-order chi connectivity index (χ0) is 18.7. The molecule has 142 valence electrons. The number of hydrogen-bond acceptors (Lipinski definition) is 4. The fourth-order valence-electron chi connectivity index (χ4n) is 3.43. The lowest BCUT2D eigenvalue weighted by Crippen LogP contribution is -2.49. The van der Waals surface area contributed by atoms with Crippen molar-refractivity contribution in [3.05, 3.63) is 23.3 Å². The van der Waals surface area contributed by atoms with Crippen LogP contribution >= 0.6 is 0 Å². The number of urea groups is 1. The summed E-state index contributed by atoms with van der Waals surface area (Å²) < 4.78 is 10.8. The van der Waals surface area contributed by atoms with E-state index >= 15 is 0 Å². The molecule has 2 aliphatic rings. The molecule has 1 saturated carbocycles. The first-order chi connectivity index (χ1) is 12.6. The Morgan fingerprint density at radius 3 is 2.46 bits per heavy atom. The minimum Gasteiger partial charge on any atom is -0.493 e. The molecule has 1 atom stereocenters. The van der Waals surface area contributed by atoms with Crippen LogP contribution < -0.4 is 20.1 Å². The summed E-state index contributed by atoms with van der Waals surface area (Å²) in [5, 5.41) is 5.88. The predicted molar refractivity (Wildman–Crippen MR) is 97.5 cm³/mol. The standard InChI is InChI=1S/C19H27N3O4/c1-4-20-19(24)22-8-7-13-9-16(25-2)17(26-3)10-14(13)15(22)11-21-18(23)12-5-6-12/h9-10,12,15H,4-8,11H2,1-3H3,(H,20,24)(H,21,23)/t15-/m0/s1. The molecule has 0 radical (unpaired) electrons. The summed E-state index contributed by atoms with van der Waals surface area (Å²) in [6, 6.07) is 3.55. The number of carbonyl (C=O) groups excluding carboxylic acids is 2. The van der Waals surface area contributed by atoms with Crippen molar-refractivity contribution in [2.24, 2.45) is 5.92 Å². The second-order valence-electron chi connectivity index (χ2n) is 6.72. The number of benzene rings is 1. The lowest BCUT2D eigenvalue weighted by molar-refractivity contribution is -0.122. The van der Waals surface area contributed by atoms with Crippen LogP contribution in [0.1, 0.15) is 36.9 Å². The average molecular weight is 361 g/mol. The highest BCUT2D eigenvalue weighted by Gasteiger charge is 2.34. The van der Waals surface area contributed by atoms with E-state index in [-0.39, 0.29) is 23.9 Å². The zero-order valence-corrected chi connectivity index (χ0v) is 15.6. The van der Waals surface area contributed by atoms with Crippen molar-refractivity contribution in [1.29, 1.82) is 0 Å². The first kappa shape index (κ1) is 18.4. The number of fused-ring (bicyclic) bond motifs is 1. The number of carbonyl (C=O) groups is 2. The van der Waals surface area contributed by atoms with E-state index in [0.717, 1.165) is 30.4 Å². The molecule has 3 amide bonds. The van der Waals surface area contributed by atoms with Gasteiger partial charge in [-0.2, -0.15) is 0 Å². The molecule has 1 aromatic carbocycles. The van der Waals surface area contributed by atoms with Gasteiger partial charge in [0.1, 0.15) is 0 Å². The maximum absolute atomic E-state index is 12.5. The molecule has 0 spiro atoms. The van der Waals surface area contributed by atoms with Gasteiger partial charge >= 0.3 is 6.03 Å². The number of amides is 3. The molecule has 1 aromatic rings. The topological polar surface area (TPSA) is 79.9 Å². The highest BCUT2D eigenvalue weighted by atomic mass is 16.5. The Morgan fingerprint density at radius 2 is 1.85 bits per heavy atom. The molecule has 3 rings (SSSR count). The third kappa shape index (κ3) is 3.71. The number of nitrogens with one attached hydrogen (secondary N) is 2. The van der Waals surface area contributed by atoms with Crippen molar-refractivity contribution in [2.75, 3.05) is 33.9 Å². The molecule has 0 unspecified atom stereocenters. The quantitative estimate of drug-likeness (QED) is 0.811. The summed E-state index contributed by atoms with van der Waals surface area (Å²) in [6.07, 6.45) is 2.65. The number of nitrogens with zero attached hydrogens (tertiary/aromatic N) is 1. The maximum Gasteiger partial charge on any atom is 0.317 e. The molecule has 0 aromatic heterocycles. The highest BCUT2D eigenvalue weighted by Crippen LogP contribution is 2.38. The number of rotatable bonds is 6. The van der Waals surface area contributed by atoms with Gasteiger partial charge in [-0.3, -0.25) is 4.79 Å². The van der Waals surface area contributed by atoms with Crippen molar-refractivity contribution in [3.8, 4) is 11.5 Å². The smallest absolute Gasteiger partial charge is 0.317 e. The Morgan fingerprint density at radius 1 is 1.15 bits per heavy atom. The van der Waals surface area contributed by atoms with Crippen LogP contribution in [-0.4, -0.2) is 50.7 Å². The molecule has 1 heterocycles.